The molecule has 0 atom stereocenters. The van der Waals surface area contributed by atoms with Gasteiger partial charge in [-0.3, -0.25) is 29.8 Å². The Kier molecular flexibility index (Phi) is 12.8. The van der Waals surface area contributed by atoms with Crippen LogP contribution in [0.1, 0.15) is 92.5 Å². The molecule has 0 spiro atoms. The molecule has 0 aliphatic carbocycles. The first-order valence-corrected chi connectivity index (χ1v) is 19.6. The zero-order valence-electron chi connectivity index (χ0n) is 30.6. The third-order valence-corrected chi connectivity index (χ3v) is 15.6. The van der Waals surface area contributed by atoms with Crippen LogP contribution in [0.15, 0.2) is 21.2 Å². The number of nitrogens with two attached hydrogens (primary N) is 1. The van der Waals surface area contributed by atoms with E-state index >= 15 is 0 Å². The molecule has 2 aliphatic rings. The Morgan fingerprint density at radius 1 is 0.673 bits per heavy atom. The highest BCUT2D eigenvalue weighted by atomic mass is 32.2. The molecule has 2 fully saturated rings. The van der Waals surface area contributed by atoms with Crippen LogP contribution in [0.25, 0.3) is 0 Å². The van der Waals surface area contributed by atoms with Crippen LogP contribution in [0, 0.1) is 0 Å². The Balaban J connectivity index is 0.000000280. The van der Waals surface area contributed by atoms with Crippen molar-refractivity contribution in [3.8, 4) is 0 Å². The molecule has 20 heteroatoms. The van der Waals surface area contributed by atoms with Crippen LogP contribution in [0.5, 0.6) is 0 Å². The van der Waals surface area contributed by atoms with Gasteiger partial charge in [0.05, 0.1) is 15.9 Å². The van der Waals surface area contributed by atoms with Crippen LogP contribution in [-0.2, 0) is 59.2 Å². The molecular weight excluding hydrogens is 727 g/mol. The second kappa shape index (κ2) is 15.6. The van der Waals surface area contributed by atoms with Crippen molar-refractivity contribution in [2.45, 2.75) is 112 Å². The van der Waals surface area contributed by atoms with Gasteiger partial charge in [-0.05, 0) is 81.1 Å². The monoisotopic (exact) mass is 775 g/mol. The lowest BCUT2D eigenvalue weighted by Gasteiger charge is -2.30. The Morgan fingerprint density at radius 2 is 1.00 bits per heavy atom. The van der Waals surface area contributed by atoms with Crippen molar-refractivity contribution in [2.24, 2.45) is 5.73 Å². The predicted molar refractivity (Wildman–Crippen MR) is 187 cm³/mol. The fraction of sp³-hybridized carbons (Fsp3) is 0.688. The molecule has 2 aromatic rings. The van der Waals surface area contributed by atoms with Crippen molar-refractivity contribution in [1.82, 2.24) is 10.3 Å². The fourth-order valence-corrected chi connectivity index (χ4v) is 8.99. The summed E-state index contributed by atoms with van der Waals surface area (Å²) < 4.78 is 68.4. The number of carbonyl (C=O) groups is 4. The van der Waals surface area contributed by atoms with Gasteiger partial charge in [0, 0.05) is 38.6 Å². The minimum absolute atomic E-state index is 0.0467. The lowest BCUT2D eigenvalue weighted by Crippen LogP contribution is -2.50. The summed E-state index contributed by atoms with van der Waals surface area (Å²) in [5, 5.41) is 20.1. The van der Waals surface area contributed by atoms with Gasteiger partial charge in [0.2, 0.25) is 29.5 Å². The van der Waals surface area contributed by atoms with Crippen LogP contribution in [0.3, 0.4) is 0 Å². The number of nitrogens with one attached hydrogen (secondary N) is 2. The SMILES string of the molecule is CC(C)(C(=O)O)c1cc(NC(=O)C(C)(C)S(=O)(=O)C2CCOCC2)on1.CC(C)(C(N)=O)c1cc(NC(=O)C(C)(C)S(=O)(=O)C2CCOCC2)on1. The number of aromatic nitrogens is 2. The number of hydrogen-bond acceptors (Lipinski definition) is 14. The summed E-state index contributed by atoms with van der Waals surface area (Å²) >= 11 is 0. The maximum atomic E-state index is 12.9. The van der Waals surface area contributed by atoms with Gasteiger partial charge in [-0.2, -0.15) is 0 Å². The number of primary amides is 1. The number of anilines is 2. The number of carboxylic acid groups (broad SMARTS) is 1. The van der Waals surface area contributed by atoms with Crippen LogP contribution in [-0.4, -0.2) is 102 Å². The summed E-state index contributed by atoms with van der Waals surface area (Å²) in [5.74, 6) is -3.36. The molecule has 2 aliphatic heterocycles. The first kappa shape index (κ1) is 42.5. The maximum Gasteiger partial charge on any atom is 0.315 e. The van der Waals surface area contributed by atoms with Gasteiger partial charge in [-0.15, -0.1) is 0 Å². The first-order valence-electron chi connectivity index (χ1n) is 16.5. The van der Waals surface area contributed by atoms with Crippen molar-refractivity contribution >= 4 is 55.1 Å². The zero-order chi connectivity index (χ0) is 39.5. The molecule has 0 saturated carbocycles. The van der Waals surface area contributed by atoms with Crippen LogP contribution in [0.4, 0.5) is 11.8 Å². The number of ether oxygens (including phenoxy) is 2. The molecular formula is C32H49N5O13S2. The average Bonchev–Trinajstić information content (AvgIpc) is 3.76. The number of sulfone groups is 2. The van der Waals surface area contributed by atoms with Crippen molar-refractivity contribution < 1.29 is 59.6 Å². The molecule has 18 nitrogen and oxygen atoms in total. The largest absolute Gasteiger partial charge is 0.481 e. The number of hydrogen-bond donors (Lipinski definition) is 4. The Labute approximate surface area is 302 Å². The van der Waals surface area contributed by atoms with Crippen LogP contribution >= 0.6 is 0 Å². The number of rotatable bonds is 12. The van der Waals surface area contributed by atoms with Crippen LogP contribution in [0.2, 0.25) is 0 Å². The molecule has 3 amide bonds. The second-order valence-electron chi connectivity index (χ2n) is 14.7. The van der Waals surface area contributed by atoms with E-state index in [-0.39, 0.29) is 23.2 Å². The van der Waals surface area contributed by atoms with Gasteiger partial charge >= 0.3 is 5.97 Å². The van der Waals surface area contributed by atoms with Crippen molar-refractivity contribution in [2.75, 3.05) is 37.1 Å². The topological polar surface area (TPSA) is 277 Å². The van der Waals surface area contributed by atoms with E-state index in [2.05, 4.69) is 20.9 Å². The predicted octanol–water partition coefficient (Wildman–Crippen LogP) is 2.10. The lowest BCUT2D eigenvalue weighted by atomic mass is 9.89. The highest BCUT2D eigenvalue weighted by Gasteiger charge is 2.48. The average molecular weight is 776 g/mol. The van der Waals surface area contributed by atoms with Gasteiger partial charge in [-0.25, -0.2) is 16.8 Å². The molecule has 0 bridgehead atoms. The normalized spacial score (nSPS) is 17.1. The van der Waals surface area contributed by atoms with E-state index in [1.807, 2.05) is 0 Å². The summed E-state index contributed by atoms with van der Waals surface area (Å²) in [7, 11) is -7.51. The third kappa shape index (κ3) is 8.66. The minimum atomic E-state index is -3.76. The molecule has 292 valence electrons. The molecule has 52 heavy (non-hydrogen) atoms. The first-order chi connectivity index (χ1) is 23.8. The summed E-state index contributed by atoms with van der Waals surface area (Å²) in [4.78, 5) is 47.9. The van der Waals surface area contributed by atoms with Gasteiger partial charge in [0.1, 0.15) is 26.3 Å². The van der Waals surface area contributed by atoms with Crippen molar-refractivity contribution in [3.63, 3.8) is 0 Å². The number of amides is 3. The van der Waals surface area contributed by atoms with Crippen LogP contribution < -0.4 is 16.4 Å². The Morgan fingerprint density at radius 3 is 1.31 bits per heavy atom. The summed E-state index contributed by atoms with van der Waals surface area (Å²) in [6, 6.07) is 2.64. The van der Waals surface area contributed by atoms with E-state index in [4.69, 9.17) is 24.3 Å². The van der Waals surface area contributed by atoms with E-state index in [9.17, 15) is 41.1 Å². The van der Waals surface area contributed by atoms with Crippen molar-refractivity contribution in [3.05, 3.63) is 23.5 Å². The number of nitrogens with zero attached hydrogens (tertiary/aromatic N) is 2. The molecule has 0 aromatic carbocycles. The number of carboxylic acids is 1. The molecule has 4 rings (SSSR count). The fourth-order valence-electron chi connectivity index (χ4n) is 5.08. The Bertz CT molecular complexity index is 1710. The number of aliphatic carboxylic acids is 1. The molecule has 0 unspecified atom stereocenters. The van der Waals surface area contributed by atoms with Gasteiger partial charge < -0.3 is 29.4 Å². The van der Waals surface area contributed by atoms with E-state index in [0.717, 1.165) is 0 Å². The van der Waals surface area contributed by atoms with E-state index in [1.54, 1.807) is 13.8 Å². The van der Waals surface area contributed by atoms with Gasteiger partial charge in [-0.1, -0.05) is 10.3 Å². The van der Waals surface area contributed by atoms with E-state index in [0.29, 0.717) is 52.1 Å². The maximum absolute atomic E-state index is 12.9. The molecule has 0 radical (unpaired) electrons. The van der Waals surface area contributed by atoms with Crippen molar-refractivity contribution in [1.29, 1.82) is 0 Å². The standard InChI is InChI=1S/C16H25N3O6S.C16H24N2O7S/c1-15(2,13(17)20)11-9-12(25-19-11)18-14(21)16(3,4)26(22,23)10-5-7-24-8-6-10;1-15(2,14(20)21)11-9-12(25-18-11)17-13(19)16(3,4)26(22,23)10-5-7-24-8-6-10/h9-10H,5-8H2,1-4H3,(H2,17,20)(H,18,21);9-10H,5-8H2,1-4H3,(H,17,19)(H,20,21). The van der Waals surface area contributed by atoms with E-state index < -0.39 is 74.2 Å². The Hall–Kier alpha value is -3.88. The van der Waals surface area contributed by atoms with E-state index in [1.165, 1.54) is 53.7 Å². The molecule has 2 saturated heterocycles. The molecule has 4 heterocycles. The molecule has 2 aromatic heterocycles. The quantitative estimate of drug-likeness (QED) is 0.240. The highest BCUT2D eigenvalue weighted by molar-refractivity contribution is 7.94. The number of carbonyl (C=O) groups excluding carboxylic acids is 3. The van der Waals surface area contributed by atoms with Gasteiger partial charge in [0.25, 0.3) is 0 Å². The smallest absolute Gasteiger partial charge is 0.315 e. The van der Waals surface area contributed by atoms with Gasteiger partial charge in [0.15, 0.2) is 19.7 Å². The second-order valence-corrected chi connectivity index (χ2v) is 20.3. The zero-order valence-corrected chi connectivity index (χ0v) is 32.2. The highest BCUT2D eigenvalue weighted by Crippen LogP contribution is 2.32. The summed E-state index contributed by atoms with van der Waals surface area (Å²) in [6.07, 6.45) is 1.41. The molecule has 5 N–H and O–H groups in total. The summed E-state index contributed by atoms with van der Waals surface area (Å²) in [5.41, 5.74) is 3.28. The minimum Gasteiger partial charge on any atom is -0.481 e. The third-order valence-electron chi connectivity index (χ3n) is 9.66. The lowest BCUT2D eigenvalue weighted by molar-refractivity contribution is -0.142. The summed E-state index contributed by atoms with van der Waals surface area (Å²) in [6.45, 7) is 12.8.